The summed E-state index contributed by atoms with van der Waals surface area (Å²) in [6.07, 6.45) is 5.20. The molecular weight excluding hydrogens is 284 g/mol. The number of carbonyl (C=O) groups excluding carboxylic acids is 1. The van der Waals surface area contributed by atoms with Crippen molar-refractivity contribution in [3.05, 3.63) is 35.4 Å². The summed E-state index contributed by atoms with van der Waals surface area (Å²) < 4.78 is 0. The molecule has 0 aliphatic carbocycles. The van der Waals surface area contributed by atoms with E-state index in [2.05, 4.69) is 47.9 Å². The quantitative estimate of drug-likeness (QED) is 0.850. The predicted octanol–water partition coefficient (Wildman–Crippen LogP) is 3.44. The number of fused-ring (bicyclic) bond motifs is 1. The third-order valence-electron chi connectivity index (χ3n) is 5.43. The van der Waals surface area contributed by atoms with E-state index in [1.165, 1.54) is 37.1 Å². The first-order valence-corrected chi connectivity index (χ1v) is 9.24. The molecule has 0 radical (unpaired) electrons. The Labute approximate surface area is 140 Å². The van der Waals surface area contributed by atoms with Crippen molar-refractivity contribution < 1.29 is 4.79 Å². The zero-order valence-corrected chi connectivity index (χ0v) is 14.6. The van der Waals surface area contributed by atoms with Crippen LogP contribution in [0.1, 0.15) is 56.6 Å². The Morgan fingerprint density at radius 3 is 2.61 bits per heavy atom. The van der Waals surface area contributed by atoms with Gasteiger partial charge in [0.2, 0.25) is 5.91 Å². The van der Waals surface area contributed by atoms with Crippen LogP contribution in [-0.4, -0.2) is 47.9 Å². The molecule has 2 aliphatic heterocycles. The van der Waals surface area contributed by atoms with Crippen LogP contribution >= 0.6 is 0 Å². The Morgan fingerprint density at radius 2 is 1.87 bits per heavy atom. The molecule has 3 heteroatoms. The predicted molar refractivity (Wildman–Crippen MR) is 94.6 cm³/mol. The van der Waals surface area contributed by atoms with Gasteiger partial charge in [-0.15, -0.1) is 0 Å². The monoisotopic (exact) mass is 314 g/mol. The molecule has 23 heavy (non-hydrogen) atoms. The van der Waals surface area contributed by atoms with Gasteiger partial charge in [0.25, 0.3) is 0 Å². The largest absolute Gasteiger partial charge is 0.341 e. The molecule has 2 saturated heterocycles. The average molecular weight is 314 g/mol. The first kappa shape index (κ1) is 16.5. The summed E-state index contributed by atoms with van der Waals surface area (Å²) in [5.74, 6) is 0.906. The maximum atomic E-state index is 12.6. The molecule has 0 aromatic heterocycles. The molecule has 0 N–H and O–H groups in total. The van der Waals surface area contributed by atoms with E-state index in [0.717, 1.165) is 25.9 Å². The summed E-state index contributed by atoms with van der Waals surface area (Å²) in [6.45, 7) is 8.72. The second-order valence-corrected chi connectivity index (χ2v) is 7.42. The minimum absolute atomic E-state index is 0.340. The molecule has 1 amide bonds. The molecule has 2 heterocycles. The zero-order valence-electron chi connectivity index (χ0n) is 14.6. The molecule has 0 unspecified atom stereocenters. The van der Waals surface area contributed by atoms with E-state index in [1.807, 2.05) is 0 Å². The van der Waals surface area contributed by atoms with Gasteiger partial charge in [-0.05, 0) is 49.3 Å². The summed E-state index contributed by atoms with van der Waals surface area (Å²) in [6, 6.07) is 9.39. The van der Waals surface area contributed by atoms with Crippen molar-refractivity contribution in [2.45, 2.75) is 57.9 Å². The van der Waals surface area contributed by atoms with E-state index in [0.29, 0.717) is 24.3 Å². The van der Waals surface area contributed by atoms with Crippen molar-refractivity contribution >= 4 is 5.91 Å². The van der Waals surface area contributed by atoms with Gasteiger partial charge in [0.15, 0.2) is 0 Å². The van der Waals surface area contributed by atoms with Crippen LogP contribution in [-0.2, 0) is 11.2 Å². The van der Waals surface area contributed by atoms with E-state index < -0.39 is 0 Å². The fourth-order valence-electron chi connectivity index (χ4n) is 3.91. The highest BCUT2D eigenvalue weighted by atomic mass is 16.2. The molecule has 1 aromatic rings. The van der Waals surface area contributed by atoms with E-state index in [1.54, 1.807) is 0 Å². The number of hydrogen-bond acceptors (Lipinski definition) is 2. The van der Waals surface area contributed by atoms with Crippen LogP contribution in [0.3, 0.4) is 0 Å². The maximum absolute atomic E-state index is 12.6. The smallest absolute Gasteiger partial charge is 0.222 e. The molecule has 3 rings (SSSR count). The van der Waals surface area contributed by atoms with E-state index >= 15 is 0 Å². The molecule has 2 aliphatic rings. The van der Waals surface area contributed by atoms with Crippen molar-refractivity contribution in [1.29, 1.82) is 0 Å². The van der Waals surface area contributed by atoms with E-state index in [4.69, 9.17) is 0 Å². The van der Waals surface area contributed by atoms with Gasteiger partial charge in [-0.1, -0.05) is 38.1 Å². The number of benzene rings is 1. The van der Waals surface area contributed by atoms with Gasteiger partial charge in [-0.25, -0.2) is 0 Å². The summed E-state index contributed by atoms with van der Waals surface area (Å²) in [5, 5.41) is 0. The van der Waals surface area contributed by atoms with Gasteiger partial charge in [-0.3, -0.25) is 9.69 Å². The van der Waals surface area contributed by atoms with E-state index in [-0.39, 0.29) is 0 Å². The maximum Gasteiger partial charge on any atom is 0.222 e. The summed E-state index contributed by atoms with van der Waals surface area (Å²) >= 11 is 0. The molecule has 126 valence electrons. The summed E-state index contributed by atoms with van der Waals surface area (Å²) in [5.41, 5.74) is 2.65. The lowest BCUT2D eigenvalue weighted by molar-refractivity contribution is -0.131. The molecule has 0 bridgehead atoms. The fourth-order valence-corrected chi connectivity index (χ4v) is 3.91. The third kappa shape index (κ3) is 4.14. The second kappa shape index (κ2) is 7.48. The SMILES string of the molecule is CC(C)c1ccc(CCC(=O)N2CCCN3CCC[C@@H]3C2)cc1. The summed E-state index contributed by atoms with van der Waals surface area (Å²) in [7, 11) is 0. The van der Waals surface area contributed by atoms with Crippen molar-refractivity contribution in [2.75, 3.05) is 26.2 Å². The lowest BCUT2D eigenvalue weighted by Crippen LogP contribution is -2.39. The molecule has 2 fully saturated rings. The number of amides is 1. The van der Waals surface area contributed by atoms with Crippen molar-refractivity contribution in [3.8, 4) is 0 Å². The van der Waals surface area contributed by atoms with Crippen molar-refractivity contribution in [3.63, 3.8) is 0 Å². The Bertz CT molecular complexity index is 523. The second-order valence-electron chi connectivity index (χ2n) is 7.42. The van der Waals surface area contributed by atoms with Crippen LogP contribution in [0.15, 0.2) is 24.3 Å². The van der Waals surface area contributed by atoms with Crippen LogP contribution < -0.4 is 0 Å². The van der Waals surface area contributed by atoms with Crippen LogP contribution in [0.5, 0.6) is 0 Å². The normalized spacial score (nSPS) is 22.2. The molecular formula is C20H30N2O. The highest BCUT2D eigenvalue weighted by Crippen LogP contribution is 2.22. The molecule has 1 atom stereocenters. The van der Waals surface area contributed by atoms with Gasteiger partial charge in [-0.2, -0.15) is 0 Å². The van der Waals surface area contributed by atoms with Crippen LogP contribution in [0.4, 0.5) is 0 Å². The Kier molecular flexibility index (Phi) is 5.37. The van der Waals surface area contributed by atoms with Crippen LogP contribution in [0.2, 0.25) is 0 Å². The number of carbonyl (C=O) groups is 1. The molecule has 3 nitrogen and oxygen atoms in total. The fraction of sp³-hybridized carbons (Fsp3) is 0.650. The molecule has 0 spiro atoms. The highest BCUT2D eigenvalue weighted by molar-refractivity contribution is 5.76. The van der Waals surface area contributed by atoms with Gasteiger partial charge in [0, 0.05) is 32.1 Å². The van der Waals surface area contributed by atoms with E-state index in [9.17, 15) is 4.79 Å². The number of nitrogens with zero attached hydrogens (tertiary/aromatic N) is 2. The zero-order chi connectivity index (χ0) is 16.2. The lowest BCUT2D eigenvalue weighted by atomic mass is 10.00. The van der Waals surface area contributed by atoms with Gasteiger partial charge >= 0.3 is 0 Å². The topological polar surface area (TPSA) is 23.6 Å². The first-order valence-electron chi connectivity index (χ1n) is 9.24. The highest BCUT2D eigenvalue weighted by Gasteiger charge is 2.30. The number of hydrogen-bond donors (Lipinski definition) is 0. The van der Waals surface area contributed by atoms with Crippen molar-refractivity contribution in [1.82, 2.24) is 9.80 Å². The number of rotatable bonds is 4. The minimum atomic E-state index is 0.340. The standard InChI is InChI=1S/C20H30N2O/c1-16(2)18-9-6-17(7-10-18)8-11-20(23)22-14-4-13-21-12-3-5-19(21)15-22/h6-7,9-10,16,19H,3-5,8,11-15H2,1-2H3/t19-/m1/s1. The molecule has 1 aromatic carbocycles. The van der Waals surface area contributed by atoms with Crippen LogP contribution in [0, 0.1) is 0 Å². The van der Waals surface area contributed by atoms with Crippen LogP contribution in [0.25, 0.3) is 0 Å². The minimum Gasteiger partial charge on any atom is -0.341 e. The number of aryl methyl sites for hydroxylation is 1. The first-order chi connectivity index (χ1) is 11.1. The average Bonchev–Trinajstić information content (AvgIpc) is 2.89. The Morgan fingerprint density at radius 1 is 1.13 bits per heavy atom. The van der Waals surface area contributed by atoms with Crippen molar-refractivity contribution in [2.24, 2.45) is 0 Å². The molecule has 0 saturated carbocycles. The Hall–Kier alpha value is -1.35. The third-order valence-corrected chi connectivity index (χ3v) is 5.43. The van der Waals surface area contributed by atoms with Gasteiger partial charge in [0.1, 0.15) is 0 Å². The summed E-state index contributed by atoms with van der Waals surface area (Å²) in [4.78, 5) is 17.3. The van der Waals surface area contributed by atoms with Gasteiger partial charge < -0.3 is 4.90 Å². The Balaban J connectivity index is 1.52. The van der Waals surface area contributed by atoms with Gasteiger partial charge in [0.05, 0.1) is 0 Å². The lowest BCUT2D eigenvalue weighted by Gasteiger charge is -2.25.